The highest BCUT2D eigenvalue weighted by Gasteiger charge is 2.25. The van der Waals surface area contributed by atoms with Crippen molar-refractivity contribution >= 4 is 0 Å². The summed E-state index contributed by atoms with van der Waals surface area (Å²) in [6.07, 6.45) is 9.44. The van der Waals surface area contributed by atoms with Gasteiger partial charge in [-0.2, -0.15) is 0 Å². The van der Waals surface area contributed by atoms with Crippen LogP contribution in [0.25, 0.3) is 0 Å². The van der Waals surface area contributed by atoms with Crippen LogP contribution in [-0.2, 0) is 0 Å². The number of hydrogen-bond acceptors (Lipinski definition) is 0. The van der Waals surface area contributed by atoms with E-state index in [9.17, 15) is 4.39 Å². The molecule has 0 heterocycles. The minimum Gasteiger partial charge on any atom is -0.206 e. The van der Waals surface area contributed by atoms with Gasteiger partial charge in [-0.1, -0.05) is 57.5 Å². The smallest absolute Gasteiger partial charge is 0.129 e. The van der Waals surface area contributed by atoms with Crippen LogP contribution in [0, 0.1) is 30.5 Å². The maximum Gasteiger partial charge on any atom is 0.129 e. The van der Waals surface area contributed by atoms with Crippen LogP contribution in [0.1, 0.15) is 57.6 Å². The van der Waals surface area contributed by atoms with Gasteiger partial charge in [0.25, 0.3) is 0 Å². The molecule has 0 saturated heterocycles. The van der Waals surface area contributed by atoms with E-state index in [0.717, 1.165) is 23.1 Å². The van der Waals surface area contributed by atoms with Crippen LogP contribution in [0.4, 0.5) is 4.39 Å². The maximum absolute atomic E-state index is 14.7. The van der Waals surface area contributed by atoms with E-state index in [4.69, 9.17) is 6.42 Å². The predicted molar refractivity (Wildman–Crippen MR) is 107 cm³/mol. The van der Waals surface area contributed by atoms with Crippen molar-refractivity contribution in [2.45, 2.75) is 53.4 Å². The average Bonchev–Trinajstić information content (AvgIpc) is 2.62. The first-order valence-electron chi connectivity index (χ1n) is 8.69. The highest BCUT2D eigenvalue weighted by atomic mass is 19.1. The average molecular weight is 336 g/mol. The first-order chi connectivity index (χ1) is 11.7. The molecular weight excluding hydrogens is 307 g/mol. The first kappa shape index (κ1) is 20.8. The molecule has 0 aliphatic carbocycles. The molecule has 1 rings (SSSR count). The SMILES string of the molecule is C#C/C(CC(C)(C=C)CC)=C(/C(C)=C=C)C(C)c1cccc(C)c1F. The van der Waals surface area contributed by atoms with Crippen molar-refractivity contribution in [2.24, 2.45) is 5.41 Å². The highest BCUT2D eigenvalue weighted by molar-refractivity contribution is 5.49. The molecule has 2 unspecified atom stereocenters. The van der Waals surface area contributed by atoms with Gasteiger partial charge in [0.05, 0.1) is 0 Å². The Balaban J connectivity index is 3.60. The summed E-state index contributed by atoms with van der Waals surface area (Å²) in [5, 5.41) is 0. The zero-order valence-electron chi connectivity index (χ0n) is 16.2. The lowest BCUT2D eigenvalue weighted by molar-refractivity contribution is 0.410. The van der Waals surface area contributed by atoms with Crippen LogP contribution >= 0.6 is 0 Å². The Hall–Kier alpha value is -2.29. The Labute approximate surface area is 152 Å². The number of halogens is 1. The third-order valence-corrected chi connectivity index (χ3v) is 5.17. The second-order valence-electron chi connectivity index (χ2n) is 6.93. The van der Waals surface area contributed by atoms with Crippen molar-refractivity contribution in [3.05, 3.63) is 76.8 Å². The summed E-state index contributed by atoms with van der Waals surface area (Å²) in [5.74, 6) is 2.49. The quantitative estimate of drug-likeness (QED) is 0.220. The van der Waals surface area contributed by atoms with Gasteiger partial charge in [-0.15, -0.1) is 18.7 Å². The Bertz CT molecular complexity index is 766. The van der Waals surface area contributed by atoms with E-state index in [-0.39, 0.29) is 17.2 Å². The van der Waals surface area contributed by atoms with E-state index in [1.165, 1.54) is 0 Å². The lowest BCUT2D eigenvalue weighted by atomic mass is 9.76. The molecule has 0 radical (unpaired) electrons. The molecule has 0 amide bonds. The third kappa shape index (κ3) is 4.62. The van der Waals surface area contributed by atoms with Crippen molar-refractivity contribution in [2.75, 3.05) is 0 Å². The molecule has 0 fully saturated rings. The van der Waals surface area contributed by atoms with Gasteiger partial charge in [0.1, 0.15) is 5.82 Å². The Morgan fingerprint density at radius 1 is 1.44 bits per heavy atom. The molecule has 0 aromatic heterocycles. The van der Waals surface area contributed by atoms with Crippen molar-refractivity contribution in [1.82, 2.24) is 0 Å². The molecule has 1 aromatic carbocycles. The topological polar surface area (TPSA) is 0 Å². The second kappa shape index (κ2) is 8.70. The Kier molecular flexibility index (Phi) is 7.22. The van der Waals surface area contributed by atoms with Gasteiger partial charge in [0.15, 0.2) is 0 Å². The predicted octanol–water partition coefficient (Wildman–Crippen LogP) is 6.89. The normalized spacial score (nSPS) is 15.2. The molecule has 0 nitrogen and oxygen atoms in total. The van der Waals surface area contributed by atoms with Gasteiger partial charge in [-0.25, -0.2) is 4.39 Å². The minimum atomic E-state index is -0.178. The molecule has 132 valence electrons. The van der Waals surface area contributed by atoms with E-state index >= 15 is 0 Å². The van der Waals surface area contributed by atoms with E-state index < -0.39 is 0 Å². The number of terminal acetylenes is 1. The fraction of sp³-hybridized carbons (Fsp3) is 0.375. The van der Waals surface area contributed by atoms with Crippen LogP contribution < -0.4 is 0 Å². The molecular formula is C24H29F. The fourth-order valence-electron chi connectivity index (χ4n) is 3.04. The standard InChI is InChI=1S/C24H29F/c1-9-17(5)22(20(10-2)16-24(8,11-3)12-4)19(7)21-15-13-14-18(6)23(21)25/h2,11,13-15,19H,1,3,12,16H2,4-8H3/b22-20+. The van der Waals surface area contributed by atoms with Crippen LogP contribution in [-0.4, -0.2) is 0 Å². The molecule has 0 saturated carbocycles. The molecule has 0 bridgehead atoms. The van der Waals surface area contributed by atoms with Crippen molar-refractivity contribution < 1.29 is 4.39 Å². The summed E-state index contributed by atoms with van der Waals surface area (Å²) in [4.78, 5) is 0. The molecule has 0 aliphatic rings. The molecule has 0 spiro atoms. The zero-order chi connectivity index (χ0) is 19.2. The summed E-state index contributed by atoms with van der Waals surface area (Å²) >= 11 is 0. The van der Waals surface area contributed by atoms with Crippen LogP contribution in [0.2, 0.25) is 0 Å². The van der Waals surface area contributed by atoms with Crippen molar-refractivity contribution in [3.63, 3.8) is 0 Å². The Morgan fingerprint density at radius 2 is 2.08 bits per heavy atom. The summed E-state index contributed by atoms with van der Waals surface area (Å²) < 4.78 is 14.7. The molecule has 1 heteroatoms. The second-order valence-corrected chi connectivity index (χ2v) is 6.93. The molecule has 2 atom stereocenters. The first-order valence-corrected chi connectivity index (χ1v) is 8.69. The van der Waals surface area contributed by atoms with Gasteiger partial charge in [0, 0.05) is 11.5 Å². The lowest BCUT2D eigenvalue weighted by Crippen LogP contribution is -2.15. The molecule has 25 heavy (non-hydrogen) atoms. The number of aryl methyl sites for hydroxylation is 1. The zero-order valence-corrected chi connectivity index (χ0v) is 16.2. The molecule has 0 N–H and O–H groups in total. The van der Waals surface area contributed by atoms with Gasteiger partial charge in [-0.3, -0.25) is 0 Å². The van der Waals surface area contributed by atoms with Crippen LogP contribution in [0.5, 0.6) is 0 Å². The largest absolute Gasteiger partial charge is 0.206 e. The summed E-state index contributed by atoms with van der Waals surface area (Å²) in [6, 6.07) is 5.48. The fourth-order valence-corrected chi connectivity index (χ4v) is 3.04. The maximum atomic E-state index is 14.7. The van der Waals surface area contributed by atoms with Gasteiger partial charge >= 0.3 is 0 Å². The highest BCUT2D eigenvalue weighted by Crippen LogP contribution is 2.38. The van der Waals surface area contributed by atoms with Crippen molar-refractivity contribution in [1.29, 1.82) is 0 Å². The number of allylic oxidation sites excluding steroid dienone is 4. The van der Waals surface area contributed by atoms with Crippen LogP contribution in [0.15, 0.2) is 59.9 Å². The number of rotatable bonds is 7. The molecule has 1 aromatic rings. The van der Waals surface area contributed by atoms with E-state index in [1.807, 2.05) is 32.1 Å². The van der Waals surface area contributed by atoms with Gasteiger partial charge < -0.3 is 0 Å². The van der Waals surface area contributed by atoms with E-state index in [1.54, 1.807) is 13.0 Å². The third-order valence-electron chi connectivity index (χ3n) is 5.17. The minimum absolute atomic E-state index is 0.0979. The van der Waals surface area contributed by atoms with E-state index in [2.05, 4.69) is 38.7 Å². The summed E-state index contributed by atoms with van der Waals surface area (Å²) in [5.41, 5.74) is 6.80. The van der Waals surface area contributed by atoms with Crippen LogP contribution in [0.3, 0.4) is 0 Å². The van der Waals surface area contributed by atoms with Gasteiger partial charge in [-0.05, 0) is 54.4 Å². The van der Waals surface area contributed by atoms with Crippen molar-refractivity contribution in [3.8, 4) is 12.3 Å². The monoisotopic (exact) mass is 336 g/mol. The van der Waals surface area contributed by atoms with Gasteiger partial charge in [0.2, 0.25) is 0 Å². The summed E-state index contributed by atoms with van der Waals surface area (Å²) in [7, 11) is 0. The molecule has 0 aliphatic heterocycles. The number of benzene rings is 1. The lowest BCUT2D eigenvalue weighted by Gasteiger charge is -2.27. The number of hydrogen-bond donors (Lipinski definition) is 0. The Morgan fingerprint density at radius 3 is 2.56 bits per heavy atom. The van der Waals surface area contributed by atoms with E-state index in [0.29, 0.717) is 17.5 Å². The summed E-state index contributed by atoms with van der Waals surface area (Å²) in [6.45, 7) is 17.7.